The summed E-state index contributed by atoms with van der Waals surface area (Å²) < 4.78 is 16.9. The molecule has 1 amide bonds. The Balaban J connectivity index is 1.71. The average Bonchev–Trinajstić information content (AvgIpc) is 2.91. The molecule has 0 unspecified atom stereocenters. The van der Waals surface area contributed by atoms with Gasteiger partial charge >= 0.3 is 11.9 Å². The Morgan fingerprint density at radius 3 is 1.95 bits per heavy atom. The van der Waals surface area contributed by atoms with E-state index >= 15 is 0 Å². The highest BCUT2D eigenvalue weighted by molar-refractivity contribution is 5.86. The minimum Gasteiger partial charge on any atom is -0.485 e. The third-order valence-corrected chi connectivity index (χ3v) is 5.42. The Morgan fingerprint density at radius 2 is 1.38 bits per heavy atom. The second-order valence-corrected chi connectivity index (χ2v) is 8.30. The van der Waals surface area contributed by atoms with Crippen LogP contribution in [0.4, 0.5) is 0 Å². The van der Waals surface area contributed by atoms with Crippen molar-refractivity contribution in [2.45, 2.75) is 45.4 Å². The Morgan fingerprint density at radius 1 is 0.784 bits per heavy atom. The van der Waals surface area contributed by atoms with Crippen LogP contribution in [-0.2, 0) is 38.8 Å². The summed E-state index contributed by atoms with van der Waals surface area (Å²) in [7, 11) is 0. The SMILES string of the molecule is CCOC(=O)CCC(=O)N[C@H](Cc1ccc(OCc2ccccc2)c(OCc2ccccc2)c1)C(=O)O. The number of aliphatic carboxylic acids is 1. The molecule has 194 valence electrons. The molecule has 37 heavy (non-hydrogen) atoms. The molecular formula is C29H31NO7. The van der Waals surface area contributed by atoms with Crippen LogP contribution in [0.1, 0.15) is 36.5 Å². The van der Waals surface area contributed by atoms with Gasteiger partial charge in [0.05, 0.1) is 13.0 Å². The van der Waals surface area contributed by atoms with Crippen molar-refractivity contribution >= 4 is 17.8 Å². The van der Waals surface area contributed by atoms with Crippen LogP contribution >= 0.6 is 0 Å². The number of carboxylic acid groups (broad SMARTS) is 1. The first-order valence-corrected chi connectivity index (χ1v) is 12.1. The quantitative estimate of drug-likeness (QED) is 0.314. The third-order valence-electron chi connectivity index (χ3n) is 5.42. The van der Waals surface area contributed by atoms with Gasteiger partial charge in [-0.25, -0.2) is 4.79 Å². The van der Waals surface area contributed by atoms with Crippen molar-refractivity contribution in [2.24, 2.45) is 0 Å². The fraction of sp³-hybridized carbons (Fsp3) is 0.276. The molecule has 0 aliphatic carbocycles. The summed E-state index contributed by atoms with van der Waals surface area (Å²) in [6.45, 7) is 2.54. The third kappa shape index (κ3) is 9.33. The predicted molar refractivity (Wildman–Crippen MR) is 137 cm³/mol. The molecule has 0 heterocycles. The van der Waals surface area contributed by atoms with Crippen molar-refractivity contribution in [1.29, 1.82) is 0 Å². The lowest BCUT2D eigenvalue weighted by molar-refractivity contribution is -0.144. The summed E-state index contributed by atoms with van der Waals surface area (Å²) in [5.41, 5.74) is 2.62. The summed E-state index contributed by atoms with van der Waals surface area (Å²) in [6.07, 6.45) is -0.238. The lowest BCUT2D eigenvalue weighted by atomic mass is 10.0. The van der Waals surface area contributed by atoms with Gasteiger partial charge in [-0.1, -0.05) is 66.7 Å². The lowest BCUT2D eigenvalue weighted by Gasteiger charge is -2.17. The van der Waals surface area contributed by atoms with Gasteiger partial charge in [-0.3, -0.25) is 9.59 Å². The second kappa shape index (κ2) is 14.3. The molecule has 0 fully saturated rings. The normalized spacial score (nSPS) is 11.3. The van der Waals surface area contributed by atoms with E-state index in [4.69, 9.17) is 14.2 Å². The maximum atomic E-state index is 12.2. The molecule has 8 heteroatoms. The van der Waals surface area contributed by atoms with Gasteiger partial charge in [0, 0.05) is 12.8 Å². The number of carbonyl (C=O) groups excluding carboxylic acids is 2. The zero-order chi connectivity index (χ0) is 26.5. The van der Waals surface area contributed by atoms with E-state index in [0.29, 0.717) is 30.3 Å². The van der Waals surface area contributed by atoms with Crippen molar-refractivity contribution in [3.05, 3.63) is 95.6 Å². The zero-order valence-corrected chi connectivity index (χ0v) is 20.7. The number of ether oxygens (including phenoxy) is 3. The van der Waals surface area contributed by atoms with E-state index in [1.807, 2.05) is 60.7 Å². The van der Waals surface area contributed by atoms with Crippen LogP contribution in [0.5, 0.6) is 11.5 Å². The molecule has 0 spiro atoms. The summed E-state index contributed by atoms with van der Waals surface area (Å²) in [6, 6.07) is 23.4. The number of carboxylic acids is 1. The molecule has 3 aromatic rings. The van der Waals surface area contributed by atoms with E-state index < -0.39 is 23.9 Å². The maximum absolute atomic E-state index is 12.2. The number of nitrogens with one attached hydrogen (secondary N) is 1. The molecule has 0 saturated heterocycles. The predicted octanol–water partition coefficient (Wildman–Crippen LogP) is 4.30. The lowest BCUT2D eigenvalue weighted by Crippen LogP contribution is -2.42. The van der Waals surface area contributed by atoms with Crippen molar-refractivity contribution in [1.82, 2.24) is 5.32 Å². The summed E-state index contributed by atoms with van der Waals surface area (Å²) in [5.74, 6) is -1.23. The van der Waals surface area contributed by atoms with Crippen LogP contribution in [0.3, 0.4) is 0 Å². The van der Waals surface area contributed by atoms with Gasteiger partial charge in [0.2, 0.25) is 5.91 Å². The molecule has 3 rings (SSSR count). The highest BCUT2D eigenvalue weighted by Crippen LogP contribution is 2.30. The molecule has 8 nitrogen and oxygen atoms in total. The molecule has 0 aliphatic heterocycles. The monoisotopic (exact) mass is 505 g/mol. The molecule has 0 aromatic heterocycles. The Bertz CT molecular complexity index is 1170. The van der Waals surface area contributed by atoms with Gasteiger partial charge in [-0.2, -0.15) is 0 Å². The largest absolute Gasteiger partial charge is 0.485 e. The number of esters is 1. The van der Waals surface area contributed by atoms with E-state index in [9.17, 15) is 19.5 Å². The molecule has 2 N–H and O–H groups in total. The van der Waals surface area contributed by atoms with Gasteiger partial charge in [0.25, 0.3) is 0 Å². The summed E-state index contributed by atoms with van der Waals surface area (Å²) >= 11 is 0. The zero-order valence-electron chi connectivity index (χ0n) is 20.7. The van der Waals surface area contributed by atoms with Crippen LogP contribution in [0.2, 0.25) is 0 Å². The van der Waals surface area contributed by atoms with Crippen LogP contribution in [0, 0.1) is 0 Å². The maximum Gasteiger partial charge on any atom is 0.326 e. The smallest absolute Gasteiger partial charge is 0.326 e. The minimum atomic E-state index is -1.18. The van der Waals surface area contributed by atoms with Gasteiger partial charge < -0.3 is 24.6 Å². The van der Waals surface area contributed by atoms with E-state index in [0.717, 1.165) is 11.1 Å². The van der Waals surface area contributed by atoms with E-state index in [1.165, 1.54) is 0 Å². The molecule has 0 radical (unpaired) electrons. The highest BCUT2D eigenvalue weighted by atomic mass is 16.5. The van der Waals surface area contributed by atoms with E-state index in [1.54, 1.807) is 25.1 Å². The first-order valence-electron chi connectivity index (χ1n) is 12.1. The van der Waals surface area contributed by atoms with Crippen LogP contribution < -0.4 is 14.8 Å². The fourth-order valence-electron chi connectivity index (χ4n) is 3.53. The van der Waals surface area contributed by atoms with Crippen LogP contribution in [-0.4, -0.2) is 35.6 Å². The molecule has 3 aromatic carbocycles. The standard InChI is InChI=1S/C29H31NO7/c1-2-35-28(32)16-15-27(31)30-24(29(33)34)17-23-13-14-25(36-19-21-9-5-3-6-10-21)26(18-23)37-20-22-11-7-4-8-12-22/h3-14,18,24H,2,15-17,19-20H2,1H3,(H,30,31)(H,33,34)/t24-/m1/s1. The highest BCUT2D eigenvalue weighted by Gasteiger charge is 2.22. The number of benzene rings is 3. The van der Waals surface area contributed by atoms with Gasteiger partial charge in [0.15, 0.2) is 11.5 Å². The second-order valence-electron chi connectivity index (χ2n) is 8.30. The molecular weight excluding hydrogens is 474 g/mol. The number of hydrogen-bond acceptors (Lipinski definition) is 6. The minimum absolute atomic E-state index is 0.0289. The number of hydrogen-bond donors (Lipinski definition) is 2. The van der Waals surface area contributed by atoms with Crippen molar-refractivity contribution in [2.75, 3.05) is 6.61 Å². The van der Waals surface area contributed by atoms with Gasteiger partial charge in [-0.05, 0) is 35.7 Å². The topological polar surface area (TPSA) is 111 Å². The Hall–Kier alpha value is -4.33. The Labute approximate surface area is 216 Å². The average molecular weight is 506 g/mol. The summed E-state index contributed by atoms with van der Waals surface area (Å²) in [4.78, 5) is 35.6. The molecule has 0 aliphatic rings. The number of carbonyl (C=O) groups is 3. The Kier molecular flexibility index (Phi) is 10.5. The van der Waals surface area contributed by atoms with Crippen LogP contribution in [0.15, 0.2) is 78.9 Å². The first kappa shape index (κ1) is 27.3. The van der Waals surface area contributed by atoms with Crippen molar-refractivity contribution < 1.29 is 33.7 Å². The van der Waals surface area contributed by atoms with E-state index in [2.05, 4.69) is 5.32 Å². The van der Waals surface area contributed by atoms with Crippen molar-refractivity contribution in [3.63, 3.8) is 0 Å². The van der Waals surface area contributed by atoms with E-state index in [-0.39, 0.29) is 25.9 Å². The fourth-order valence-corrected chi connectivity index (χ4v) is 3.53. The van der Waals surface area contributed by atoms with Crippen molar-refractivity contribution in [3.8, 4) is 11.5 Å². The van der Waals surface area contributed by atoms with Gasteiger partial charge in [0.1, 0.15) is 19.3 Å². The molecule has 0 saturated carbocycles. The van der Waals surface area contributed by atoms with Crippen LogP contribution in [0.25, 0.3) is 0 Å². The first-order chi connectivity index (χ1) is 17.9. The molecule has 1 atom stereocenters. The summed E-state index contributed by atoms with van der Waals surface area (Å²) in [5, 5.41) is 12.2. The molecule has 0 bridgehead atoms. The number of amides is 1. The number of rotatable bonds is 14. The van der Waals surface area contributed by atoms with Gasteiger partial charge in [-0.15, -0.1) is 0 Å².